The third-order valence-corrected chi connectivity index (χ3v) is 2.99. The maximum atomic E-state index is 11.1. The van der Waals surface area contributed by atoms with Crippen molar-refractivity contribution in [2.24, 2.45) is 11.5 Å². The summed E-state index contributed by atoms with van der Waals surface area (Å²) in [5.41, 5.74) is 12.9. The number of benzene rings is 1. The van der Waals surface area contributed by atoms with Crippen LogP contribution in [0.25, 0.3) is 5.69 Å². The van der Waals surface area contributed by atoms with E-state index in [0.717, 1.165) is 11.3 Å². The molecule has 1 aromatic carbocycles. The molecule has 1 aromatic heterocycles. The number of nitrogens with two attached hydrogens (primary N) is 2. The molecule has 19 heavy (non-hydrogen) atoms. The second kappa shape index (κ2) is 5.42. The molecule has 6 heteroatoms. The number of aromatic nitrogens is 2. The topological polar surface area (TPSA) is 86.9 Å². The molecule has 4 N–H and O–H groups in total. The largest absolute Gasteiger partial charge is 0.364 e. The van der Waals surface area contributed by atoms with Gasteiger partial charge < -0.3 is 11.5 Å². The van der Waals surface area contributed by atoms with Crippen LogP contribution in [0.1, 0.15) is 23.0 Å². The van der Waals surface area contributed by atoms with Crippen LogP contribution in [-0.4, -0.2) is 21.7 Å². The average Bonchev–Trinajstić information content (AvgIpc) is 2.77. The molecule has 0 aliphatic rings. The van der Waals surface area contributed by atoms with Gasteiger partial charge in [-0.15, -0.1) is 0 Å². The molecular weight excluding hydrogens is 264 g/mol. The molecule has 0 bridgehead atoms. The van der Waals surface area contributed by atoms with E-state index in [9.17, 15) is 4.79 Å². The predicted octanol–water partition coefficient (Wildman–Crippen LogP) is 1.51. The fourth-order valence-electron chi connectivity index (χ4n) is 1.91. The molecule has 100 valence electrons. The highest BCUT2D eigenvalue weighted by molar-refractivity contribution is 6.32. The predicted molar refractivity (Wildman–Crippen MR) is 74.4 cm³/mol. The normalized spacial score (nSPS) is 12.4. The number of amides is 1. The number of primary amides is 1. The van der Waals surface area contributed by atoms with E-state index in [-0.39, 0.29) is 11.7 Å². The molecule has 1 amide bonds. The van der Waals surface area contributed by atoms with Crippen LogP contribution in [0.3, 0.4) is 0 Å². The summed E-state index contributed by atoms with van der Waals surface area (Å²) in [5.74, 6) is -0.570. The first kappa shape index (κ1) is 13.6. The fraction of sp³-hybridized carbons (Fsp3) is 0.231. The Morgan fingerprint density at radius 2 is 2.21 bits per heavy atom. The van der Waals surface area contributed by atoms with Crippen molar-refractivity contribution in [1.29, 1.82) is 0 Å². The molecule has 0 radical (unpaired) electrons. The van der Waals surface area contributed by atoms with Gasteiger partial charge in [0, 0.05) is 12.2 Å². The molecule has 0 aliphatic heterocycles. The molecule has 5 nitrogen and oxygen atoms in total. The first-order valence-electron chi connectivity index (χ1n) is 5.88. The number of halogens is 1. The molecule has 2 rings (SSSR count). The Bertz CT molecular complexity index is 606. The molecule has 1 unspecified atom stereocenters. The lowest BCUT2D eigenvalue weighted by molar-refractivity contribution is 0.0995. The lowest BCUT2D eigenvalue weighted by Gasteiger charge is -2.13. The van der Waals surface area contributed by atoms with E-state index in [4.69, 9.17) is 23.1 Å². The standard InChI is InChI=1S/C13H15ClN4O/c1-8(15)7-9-3-2-4-10(14)12(9)18-6-5-11(17-18)13(16)19/h2-6,8H,7,15H2,1H3,(H2,16,19). The summed E-state index contributed by atoms with van der Waals surface area (Å²) >= 11 is 6.22. The quantitative estimate of drug-likeness (QED) is 0.889. The van der Waals surface area contributed by atoms with Crippen LogP contribution in [0.5, 0.6) is 0 Å². The molecular formula is C13H15ClN4O. The van der Waals surface area contributed by atoms with Crippen LogP contribution in [0, 0.1) is 0 Å². The number of hydrogen-bond donors (Lipinski definition) is 2. The number of para-hydroxylation sites is 1. The summed E-state index contributed by atoms with van der Waals surface area (Å²) in [7, 11) is 0. The molecule has 1 atom stereocenters. The van der Waals surface area contributed by atoms with Crippen LogP contribution in [0.2, 0.25) is 5.02 Å². The van der Waals surface area contributed by atoms with Crippen LogP contribution in [-0.2, 0) is 6.42 Å². The SMILES string of the molecule is CC(N)Cc1cccc(Cl)c1-n1ccc(C(N)=O)n1. The first-order valence-corrected chi connectivity index (χ1v) is 6.25. The maximum Gasteiger partial charge on any atom is 0.269 e. The van der Waals surface area contributed by atoms with Gasteiger partial charge in [-0.1, -0.05) is 23.7 Å². The molecule has 0 spiro atoms. The number of hydrogen-bond acceptors (Lipinski definition) is 3. The second-order valence-electron chi connectivity index (χ2n) is 4.44. The van der Waals surface area contributed by atoms with E-state index in [2.05, 4.69) is 5.10 Å². The van der Waals surface area contributed by atoms with Gasteiger partial charge in [-0.25, -0.2) is 4.68 Å². The Balaban J connectivity index is 2.50. The maximum absolute atomic E-state index is 11.1. The zero-order valence-corrected chi connectivity index (χ0v) is 11.3. The van der Waals surface area contributed by atoms with Gasteiger partial charge in [-0.3, -0.25) is 4.79 Å². The van der Waals surface area contributed by atoms with Crippen LogP contribution in [0.15, 0.2) is 30.5 Å². The second-order valence-corrected chi connectivity index (χ2v) is 4.85. The Morgan fingerprint density at radius 1 is 1.47 bits per heavy atom. The lowest BCUT2D eigenvalue weighted by Crippen LogP contribution is -2.19. The highest BCUT2D eigenvalue weighted by Crippen LogP contribution is 2.25. The fourth-order valence-corrected chi connectivity index (χ4v) is 2.19. The zero-order chi connectivity index (χ0) is 14.0. The highest BCUT2D eigenvalue weighted by atomic mass is 35.5. The van der Waals surface area contributed by atoms with Gasteiger partial charge in [0.15, 0.2) is 0 Å². The Kier molecular flexibility index (Phi) is 3.87. The molecule has 2 aromatic rings. The van der Waals surface area contributed by atoms with E-state index >= 15 is 0 Å². The summed E-state index contributed by atoms with van der Waals surface area (Å²) in [6.07, 6.45) is 2.33. The van der Waals surface area contributed by atoms with Gasteiger partial charge in [0.05, 0.1) is 10.7 Å². The summed E-state index contributed by atoms with van der Waals surface area (Å²) in [6.45, 7) is 1.92. The molecule has 1 heterocycles. The number of rotatable bonds is 4. The minimum atomic E-state index is -0.570. The molecule has 0 fully saturated rings. The van der Waals surface area contributed by atoms with Gasteiger partial charge >= 0.3 is 0 Å². The van der Waals surface area contributed by atoms with Gasteiger partial charge in [0.1, 0.15) is 5.69 Å². The van der Waals surface area contributed by atoms with E-state index in [1.54, 1.807) is 23.0 Å². The van der Waals surface area contributed by atoms with E-state index in [1.165, 1.54) is 0 Å². The third-order valence-electron chi connectivity index (χ3n) is 2.68. The number of carbonyl (C=O) groups excluding carboxylic acids is 1. The van der Waals surface area contributed by atoms with Crippen LogP contribution >= 0.6 is 11.6 Å². The smallest absolute Gasteiger partial charge is 0.269 e. The highest BCUT2D eigenvalue weighted by Gasteiger charge is 2.13. The van der Waals surface area contributed by atoms with Crippen molar-refractivity contribution in [3.8, 4) is 5.69 Å². The van der Waals surface area contributed by atoms with Gasteiger partial charge in [0.2, 0.25) is 0 Å². The van der Waals surface area contributed by atoms with Crippen molar-refractivity contribution in [2.75, 3.05) is 0 Å². The Hall–Kier alpha value is -1.85. The summed E-state index contributed by atoms with van der Waals surface area (Å²) in [4.78, 5) is 11.1. The van der Waals surface area contributed by atoms with Crippen LogP contribution < -0.4 is 11.5 Å². The van der Waals surface area contributed by atoms with Crippen molar-refractivity contribution in [1.82, 2.24) is 9.78 Å². The van der Waals surface area contributed by atoms with Crippen molar-refractivity contribution in [3.05, 3.63) is 46.7 Å². The minimum absolute atomic E-state index is 0.00314. The first-order chi connectivity index (χ1) is 8.99. The summed E-state index contributed by atoms with van der Waals surface area (Å²) in [6, 6.07) is 7.13. The third kappa shape index (κ3) is 2.94. The Morgan fingerprint density at radius 3 is 2.79 bits per heavy atom. The van der Waals surface area contributed by atoms with Gasteiger partial charge in [0.25, 0.3) is 5.91 Å². The van der Waals surface area contributed by atoms with E-state index in [1.807, 2.05) is 19.1 Å². The average molecular weight is 279 g/mol. The van der Waals surface area contributed by atoms with E-state index in [0.29, 0.717) is 11.4 Å². The summed E-state index contributed by atoms with van der Waals surface area (Å²) < 4.78 is 1.56. The van der Waals surface area contributed by atoms with Crippen molar-refractivity contribution in [2.45, 2.75) is 19.4 Å². The minimum Gasteiger partial charge on any atom is -0.364 e. The molecule has 0 aliphatic carbocycles. The van der Waals surface area contributed by atoms with Crippen molar-refractivity contribution in [3.63, 3.8) is 0 Å². The monoisotopic (exact) mass is 278 g/mol. The zero-order valence-electron chi connectivity index (χ0n) is 10.5. The number of carbonyl (C=O) groups is 1. The Labute approximate surface area is 116 Å². The molecule has 0 saturated heterocycles. The van der Waals surface area contributed by atoms with Crippen molar-refractivity contribution < 1.29 is 4.79 Å². The van der Waals surface area contributed by atoms with Gasteiger partial charge in [-0.2, -0.15) is 5.10 Å². The van der Waals surface area contributed by atoms with Crippen molar-refractivity contribution >= 4 is 17.5 Å². The van der Waals surface area contributed by atoms with Gasteiger partial charge in [-0.05, 0) is 31.0 Å². The van der Waals surface area contributed by atoms with E-state index < -0.39 is 5.91 Å². The lowest BCUT2D eigenvalue weighted by atomic mass is 10.1. The number of nitrogens with zero attached hydrogens (tertiary/aromatic N) is 2. The van der Waals surface area contributed by atoms with Crippen LogP contribution in [0.4, 0.5) is 0 Å². The molecule has 0 saturated carbocycles. The summed E-state index contributed by atoms with van der Waals surface area (Å²) in [5, 5.41) is 4.68.